The van der Waals surface area contributed by atoms with Gasteiger partial charge in [-0.1, -0.05) is 77.1 Å². The summed E-state index contributed by atoms with van der Waals surface area (Å²) in [6, 6.07) is 26.3. The molecule has 0 spiro atoms. The van der Waals surface area contributed by atoms with E-state index >= 15 is 0 Å². The molecule has 1 aromatic heterocycles. The zero-order valence-corrected chi connectivity index (χ0v) is 31.6. The molecule has 0 atom stereocenters. The molecule has 0 amide bonds. The van der Waals surface area contributed by atoms with Crippen molar-refractivity contribution < 1.29 is 4.42 Å². The molecule has 4 aromatic carbocycles. The minimum absolute atomic E-state index is 0.0129. The van der Waals surface area contributed by atoms with Crippen LogP contribution in [0.4, 0.5) is 34.1 Å². The van der Waals surface area contributed by atoms with E-state index in [-0.39, 0.29) is 12.1 Å². The van der Waals surface area contributed by atoms with E-state index in [9.17, 15) is 0 Å². The number of nitrogens with zero attached hydrogens (tertiary/aromatic N) is 2. The Balaban J connectivity index is 1.39. The first-order valence-electron chi connectivity index (χ1n) is 19.5. The molecule has 258 valence electrons. The molecule has 0 saturated heterocycles. The van der Waals surface area contributed by atoms with E-state index in [1.54, 1.807) is 0 Å². The van der Waals surface area contributed by atoms with Gasteiger partial charge in [-0.15, -0.1) is 0 Å². The predicted molar refractivity (Wildman–Crippen MR) is 218 cm³/mol. The number of fused-ring (bicyclic) bond motifs is 6. The lowest BCUT2D eigenvalue weighted by Gasteiger charge is -2.44. The molecule has 0 unspecified atom stereocenters. The number of hydrogen-bond donors (Lipinski definition) is 0. The van der Waals surface area contributed by atoms with Crippen LogP contribution >= 0.6 is 0 Å². The van der Waals surface area contributed by atoms with Gasteiger partial charge in [-0.25, -0.2) is 0 Å². The highest BCUT2D eigenvalue weighted by molar-refractivity contribution is 6.99. The minimum Gasteiger partial charge on any atom is -0.468 e. The summed E-state index contributed by atoms with van der Waals surface area (Å²) in [7, 11) is 0. The average molecular weight is 671 g/mol. The third-order valence-electron chi connectivity index (χ3n) is 12.0. The monoisotopic (exact) mass is 670 g/mol. The molecule has 0 fully saturated rings. The van der Waals surface area contributed by atoms with Crippen molar-refractivity contribution in [3.8, 4) is 0 Å². The fraction of sp³-hybridized carbons (Fsp3) is 0.362. The lowest BCUT2D eigenvalue weighted by molar-refractivity contribution is 0.585. The van der Waals surface area contributed by atoms with Crippen LogP contribution in [0.3, 0.4) is 0 Å². The lowest BCUT2D eigenvalue weighted by atomic mass is 9.35. The van der Waals surface area contributed by atoms with Crippen molar-refractivity contribution >= 4 is 63.5 Å². The zero-order chi connectivity index (χ0) is 35.2. The number of allylic oxidation sites excluding steroid dienone is 1. The van der Waals surface area contributed by atoms with Crippen molar-refractivity contribution in [1.82, 2.24) is 0 Å². The Bertz CT molecular complexity index is 2230. The van der Waals surface area contributed by atoms with Gasteiger partial charge in [-0.2, -0.15) is 0 Å². The molecular formula is C47H51BN2O. The highest BCUT2D eigenvalue weighted by Gasteiger charge is 2.48. The van der Waals surface area contributed by atoms with Crippen molar-refractivity contribution in [3.63, 3.8) is 0 Å². The van der Waals surface area contributed by atoms with Crippen LogP contribution in [0.2, 0.25) is 0 Å². The molecule has 0 bridgehead atoms. The third-order valence-corrected chi connectivity index (χ3v) is 12.0. The summed E-state index contributed by atoms with van der Waals surface area (Å²) in [5, 5.41) is 0. The molecule has 0 N–H and O–H groups in total. The standard InChI is InChI=1S/C47H51BN2O/c1-29(2)22-25-43-31(4)45-46(51-43)48-37-24-23-34(47(5,6)7)28-40(37)49(38-20-12-16-32-14-8-10-18-35(32)38)41-26-30(3)27-42(44(41)48)50(45)39-21-13-17-33-15-9-11-19-36(33)39/h12-13,16-17,20-29H,8-11,14-15,18-19H2,1-7H3/b25-22-. The van der Waals surface area contributed by atoms with Gasteiger partial charge in [0, 0.05) is 34.0 Å². The Morgan fingerprint density at radius 3 is 1.94 bits per heavy atom. The highest BCUT2D eigenvalue weighted by atomic mass is 16.3. The SMILES string of the molecule is Cc1cc2c3c(c1)N(c1cccc4c1CCCC4)c1c(oc(/C=C\C(C)C)c1C)B3c1ccc(C(C)(C)C)cc1N2c1cccc2c1CCCC2. The first-order chi connectivity index (χ1) is 24.6. The second-order valence-electron chi connectivity index (χ2n) is 17.0. The number of benzene rings is 4. The fourth-order valence-electron chi connectivity index (χ4n) is 9.46. The van der Waals surface area contributed by atoms with Crippen LogP contribution in [0.1, 0.15) is 105 Å². The van der Waals surface area contributed by atoms with Gasteiger partial charge in [-0.3, -0.25) is 0 Å². The topological polar surface area (TPSA) is 19.6 Å². The van der Waals surface area contributed by atoms with Gasteiger partial charge in [0.25, 0.3) is 6.71 Å². The number of rotatable bonds is 4. The molecule has 3 nitrogen and oxygen atoms in total. The summed E-state index contributed by atoms with van der Waals surface area (Å²) in [6.07, 6.45) is 14.1. The number of furan rings is 1. The number of aryl methyl sites for hydroxylation is 3. The summed E-state index contributed by atoms with van der Waals surface area (Å²) >= 11 is 0. The normalized spacial score (nSPS) is 16.3. The molecule has 2 aliphatic carbocycles. The lowest BCUT2D eigenvalue weighted by Crippen LogP contribution is -2.61. The summed E-state index contributed by atoms with van der Waals surface area (Å²) in [6.45, 7) is 16.0. The Labute approximate surface area is 305 Å². The summed E-state index contributed by atoms with van der Waals surface area (Å²) in [4.78, 5) is 5.26. The van der Waals surface area contributed by atoms with Crippen LogP contribution in [-0.2, 0) is 31.1 Å². The molecule has 51 heavy (non-hydrogen) atoms. The van der Waals surface area contributed by atoms with Crippen LogP contribution in [-0.4, -0.2) is 6.71 Å². The number of anilines is 6. The van der Waals surface area contributed by atoms with Crippen molar-refractivity contribution in [2.75, 3.05) is 9.80 Å². The largest absolute Gasteiger partial charge is 0.468 e. The molecule has 9 rings (SSSR count). The summed E-state index contributed by atoms with van der Waals surface area (Å²) in [5.74, 6) is 1.41. The molecule has 4 heteroatoms. The Morgan fingerprint density at radius 1 is 0.706 bits per heavy atom. The van der Waals surface area contributed by atoms with Crippen LogP contribution in [0, 0.1) is 19.8 Å². The van der Waals surface area contributed by atoms with Gasteiger partial charge in [0.15, 0.2) is 0 Å². The van der Waals surface area contributed by atoms with Gasteiger partial charge in [0.2, 0.25) is 0 Å². The second kappa shape index (κ2) is 12.1. The highest BCUT2D eigenvalue weighted by Crippen LogP contribution is 2.49. The third kappa shape index (κ3) is 5.15. The molecule has 3 heterocycles. The van der Waals surface area contributed by atoms with Crippen LogP contribution < -0.4 is 26.4 Å². The maximum absolute atomic E-state index is 7.20. The molecule has 0 saturated carbocycles. The molecule has 4 aliphatic rings. The first kappa shape index (κ1) is 32.5. The Hall–Kier alpha value is -4.44. The van der Waals surface area contributed by atoms with Crippen LogP contribution in [0.5, 0.6) is 0 Å². The van der Waals surface area contributed by atoms with Crippen molar-refractivity contribution in [2.45, 2.75) is 105 Å². The van der Waals surface area contributed by atoms with Crippen molar-refractivity contribution in [1.29, 1.82) is 0 Å². The fourth-order valence-corrected chi connectivity index (χ4v) is 9.46. The Kier molecular flexibility index (Phi) is 7.69. The molecule has 0 radical (unpaired) electrons. The van der Waals surface area contributed by atoms with Gasteiger partial charge in [-0.05, 0) is 157 Å². The van der Waals surface area contributed by atoms with E-state index in [1.807, 2.05) is 0 Å². The Morgan fingerprint density at radius 2 is 1.31 bits per heavy atom. The maximum atomic E-state index is 7.20. The predicted octanol–water partition coefficient (Wildman–Crippen LogP) is 10.7. The molecule has 5 aromatic rings. The minimum atomic E-state index is -0.0129. The quantitative estimate of drug-likeness (QED) is 0.174. The van der Waals surface area contributed by atoms with Gasteiger partial charge in [0.1, 0.15) is 5.76 Å². The van der Waals surface area contributed by atoms with E-state index in [4.69, 9.17) is 4.42 Å². The van der Waals surface area contributed by atoms with Crippen LogP contribution in [0.25, 0.3) is 6.08 Å². The first-order valence-corrected chi connectivity index (χ1v) is 19.5. The van der Waals surface area contributed by atoms with Crippen molar-refractivity contribution in [3.05, 3.63) is 118 Å². The smallest absolute Gasteiger partial charge is 0.297 e. The summed E-state index contributed by atoms with van der Waals surface area (Å²) < 4.78 is 7.20. The van der Waals surface area contributed by atoms with Crippen molar-refractivity contribution in [2.24, 2.45) is 5.92 Å². The van der Waals surface area contributed by atoms with E-state index in [0.717, 1.165) is 37.1 Å². The van der Waals surface area contributed by atoms with Crippen LogP contribution in [0.15, 0.2) is 77.2 Å². The second-order valence-corrected chi connectivity index (χ2v) is 17.0. The summed E-state index contributed by atoms with van der Waals surface area (Å²) in [5.41, 5.74) is 21.5. The van der Waals surface area contributed by atoms with E-state index in [0.29, 0.717) is 5.92 Å². The zero-order valence-electron chi connectivity index (χ0n) is 31.6. The van der Waals surface area contributed by atoms with Gasteiger partial charge < -0.3 is 14.2 Å². The molecule has 2 aliphatic heterocycles. The van der Waals surface area contributed by atoms with E-state index < -0.39 is 0 Å². The number of hydrogen-bond acceptors (Lipinski definition) is 3. The maximum Gasteiger partial charge on any atom is 0.297 e. The van der Waals surface area contributed by atoms with E-state index in [1.165, 1.54) is 110 Å². The average Bonchev–Trinajstić information content (AvgIpc) is 3.44. The van der Waals surface area contributed by atoms with Gasteiger partial charge in [0.05, 0.1) is 11.3 Å². The van der Waals surface area contributed by atoms with Gasteiger partial charge >= 0.3 is 0 Å². The van der Waals surface area contributed by atoms with E-state index in [2.05, 4.69) is 137 Å². The molecular weight excluding hydrogens is 619 g/mol.